The molecule has 0 aromatic heterocycles. The van der Waals surface area contributed by atoms with Crippen molar-refractivity contribution in [2.75, 3.05) is 11.9 Å². The number of carbonyl (C=O) groups excluding carboxylic acids is 1. The normalized spacial score (nSPS) is 17.1. The van der Waals surface area contributed by atoms with Crippen LogP contribution in [0.25, 0.3) is 0 Å². The fraction of sp³-hybridized carbons (Fsp3) is 0.176. The molecule has 0 fully saturated rings. The molecule has 0 saturated carbocycles. The Labute approximate surface area is 132 Å². The van der Waals surface area contributed by atoms with Crippen LogP contribution in [0, 0.1) is 0 Å². The standard InChI is InChI=1S/C17H15BrN2O/c18-10-11-20-16(12-21)14-8-4-5-9-15(14)19-17(20)13-6-2-1-3-7-13/h1-9,12,16H,10-11H2. The third kappa shape index (κ3) is 2.63. The fourth-order valence-electron chi connectivity index (χ4n) is 2.62. The average Bonchev–Trinajstić information content (AvgIpc) is 2.55. The lowest BCUT2D eigenvalue weighted by Gasteiger charge is -2.35. The Morgan fingerprint density at radius 3 is 2.52 bits per heavy atom. The summed E-state index contributed by atoms with van der Waals surface area (Å²) >= 11 is 3.47. The summed E-state index contributed by atoms with van der Waals surface area (Å²) in [5.41, 5.74) is 2.87. The lowest BCUT2D eigenvalue weighted by Crippen LogP contribution is -2.39. The van der Waals surface area contributed by atoms with Gasteiger partial charge in [0.1, 0.15) is 18.2 Å². The van der Waals surface area contributed by atoms with E-state index in [4.69, 9.17) is 4.99 Å². The SMILES string of the molecule is O=CC1c2ccccc2N=C(c2ccccc2)N1CCBr. The summed E-state index contributed by atoms with van der Waals surface area (Å²) in [7, 11) is 0. The Kier molecular flexibility index (Phi) is 4.15. The summed E-state index contributed by atoms with van der Waals surface area (Å²) in [5.74, 6) is 0.853. The first-order valence-electron chi connectivity index (χ1n) is 6.86. The Hall–Kier alpha value is -1.94. The molecule has 1 aliphatic rings. The summed E-state index contributed by atoms with van der Waals surface area (Å²) in [4.78, 5) is 18.5. The topological polar surface area (TPSA) is 32.7 Å². The Morgan fingerprint density at radius 1 is 1.10 bits per heavy atom. The van der Waals surface area contributed by atoms with Crippen LogP contribution in [0.1, 0.15) is 17.2 Å². The van der Waals surface area contributed by atoms with Gasteiger partial charge in [-0.2, -0.15) is 0 Å². The molecule has 3 rings (SSSR count). The smallest absolute Gasteiger partial charge is 0.147 e. The van der Waals surface area contributed by atoms with Gasteiger partial charge in [0.05, 0.1) is 5.69 Å². The van der Waals surface area contributed by atoms with Crippen molar-refractivity contribution in [3.8, 4) is 0 Å². The fourth-order valence-corrected chi connectivity index (χ4v) is 3.00. The van der Waals surface area contributed by atoms with Crippen LogP contribution in [0.3, 0.4) is 0 Å². The maximum Gasteiger partial charge on any atom is 0.147 e. The van der Waals surface area contributed by atoms with Crippen LogP contribution in [0.2, 0.25) is 0 Å². The molecule has 21 heavy (non-hydrogen) atoms. The van der Waals surface area contributed by atoms with E-state index < -0.39 is 0 Å². The van der Waals surface area contributed by atoms with Crippen molar-refractivity contribution in [2.45, 2.75) is 6.04 Å². The number of aliphatic imine (C=N–C) groups is 1. The van der Waals surface area contributed by atoms with E-state index in [1.54, 1.807) is 0 Å². The molecule has 2 aromatic carbocycles. The van der Waals surface area contributed by atoms with E-state index in [9.17, 15) is 4.79 Å². The highest BCUT2D eigenvalue weighted by Crippen LogP contribution is 2.34. The zero-order valence-electron chi connectivity index (χ0n) is 11.4. The summed E-state index contributed by atoms with van der Waals surface area (Å²) in [6.45, 7) is 0.728. The summed E-state index contributed by atoms with van der Waals surface area (Å²) < 4.78 is 0. The number of hydrogen-bond acceptors (Lipinski definition) is 3. The zero-order chi connectivity index (χ0) is 14.7. The highest BCUT2D eigenvalue weighted by atomic mass is 79.9. The van der Waals surface area contributed by atoms with Gasteiger partial charge < -0.3 is 9.69 Å². The van der Waals surface area contributed by atoms with Gasteiger partial charge in [-0.1, -0.05) is 64.5 Å². The third-order valence-corrected chi connectivity index (χ3v) is 3.93. The number of nitrogens with zero attached hydrogens (tertiary/aromatic N) is 2. The van der Waals surface area contributed by atoms with E-state index >= 15 is 0 Å². The minimum Gasteiger partial charge on any atom is -0.341 e. The van der Waals surface area contributed by atoms with E-state index in [2.05, 4.69) is 20.8 Å². The number of carbonyl (C=O) groups is 1. The van der Waals surface area contributed by atoms with Gasteiger partial charge >= 0.3 is 0 Å². The van der Waals surface area contributed by atoms with Crippen molar-refractivity contribution >= 4 is 33.7 Å². The lowest BCUT2D eigenvalue weighted by atomic mass is 10.00. The first-order valence-corrected chi connectivity index (χ1v) is 7.98. The van der Waals surface area contributed by atoms with Crippen molar-refractivity contribution in [1.29, 1.82) is 0 Å². The lowest BCUT2D eigenvalue weighted by molar-refractivity contribution is -0.111. The monoisotopic (exact) mass is 342 g/mol. The van der Waals surface area contributed by atoms with Crippen LogP contribution in [0.4, 0.5) is 5.69 Å². The molecule has 0 spiro atoms. The molecule has 0 bridgehead atoms. The molecule has 0 radical (unpaired) electrons. The molecular weight excluding hydrogens is 328 g/mol. The Bertz CT molecular complexity index is 670. The van der Waals surface area contributed by atoms with Gasteiger partial charge in [0, 0.05) is 23.0 Å². The maximum atomic E-state index is 11.7. The molecule has 0 aliphatic carbocycles. The van der Waals surface area contributed by atoms with Gasteiger partial charge in [-0.25, -0.2) is 4.99 Å². The van der Waals surface area contributed by atoms with Crippen LogP contribution in [-0.4, -0.2) is 28.9 Å². The summed E-state index contributed by atoms with van der Waals surface area (Å²) in [6, 6.07) is 17.5. The van der Waals surface area contributed by atoms with Gasteiger partial charge in [0.25, 0.3) is 0 Å². The maximum absolute atomic E-state index is 11.7. The Morgan fingerprint density at radius 2 is 1.81 bits per heavy atom. The number of fused-ring (bicyclic) bond motifs is 1. The van der Waals surface area contributed by atoms with Crippen LogP contribution in [0.15, 0.2) is 59.6 Å². The Balaban J connectivity index is 2.15. The second-order valence-corrected chi connectivity index (χ2v) is 5.62. The van der Waals surface area contributed by atoms with Crippen molar-refractivity contribution in [2.24, 2.45) is 4.99 Å². The molecule has 1 aliphatic heterocycles. The number of amidine groups is 1. The largest absolute Gasteiger partial charge is 0.341 e. The van der Waals surface area contributed by atoms with E-state index in [1.165, 1.54) is 0 Å². The highest BCUT2D eigenvalue weighted by Gasteiger charge is 2.29. The number of alkyl halides is 1. The van der Waals surface area contributed by atoms with Gasteiger partial charge in [0.2, 0.25) is 0 Å². The van der Waals surface area contributed by atoms with Crippen LogP contribution in [0.5, 0.6) is 0 Å². The highest BCUT2D eigenvalue weighted by molar-refractivity contribution is 9.09. The molecule has 1 heterocycles. The van der Waals surface area contributed by atoms with Crippen LogP contribution < -0.4 is 0 Å². The van der Waals surface area contributed by atoms with Crippen LogP contribution in [-0.2, 0) is 4.79 Å². The number of rotatable bonds is 4. The van der Waals surface area contributed by atoms with Crippen molar-refractivity contribution in [1.82, 2.24) is 4.90 Å². The van der Waals surface area contributed by atoms with E-state index in [-0.39, 0.29) is 6.04 Å². The molecule has 2 aromatic rings. The number of hydrogen-bond donors (Lipinski definition) is 0. The number of para-hydroxylation sites is 1. The number of aldehydes is 1. The van der Waals surface area contributed by atoms with Crippen LogP contribution >= 0.6 is 15.9 Å². The van der Waals surface area contributed by atoms with Crippen molar-refractivity contribution in [3.63, 3.8) is 0 Å². The average molecular weight is 343 g/mol. The quantitative estimate of drug-likeness (QED) is 0.626. The molecule has 0 saturated heterocycles. The van der Waals surface area contributed by atoms with Gasteiger partial charge in [-0.05, 0) is 6.07 Å². The number of halogens is 1. The second-order valence-electron chi connectivity index (χ2n) is 4.82. The molecule has 1 unspecified atom stereocenters. The van der Waals surface area contributed by atoms with Gasteiger partial charge in [-0.15, -0.1) is 0 Å². The third-order valence-electron chi connectivity index (χ3n) is 3.58. The zero-order valence-corrected chi connectivity index (χ0v) is 13.0. The predicted octanol–water partition coefficient (Wildman–Crippen LogP) is 3.72. The molecule has 3 nitrogen and oxygen atoms in total. The molecule has 0 N–H and O–H groups in total. The molecule has 1 atom stereocenters. The minimum absolute atomic E-state index is 0.286. The van der Waals surface area contributed by atoms with Gasteiger partial charge in [0.15, 0.2) is 0 Å². The first-order chi connectivity index (χ1) is 10.3. The van der Waals surface area contributed by atoms with Crippen molar-refractivity contribution < 1.29 is 4.79 Å². The summed E-state index contributed by atoms with van der Waals surface area (Å²) in [5, 5.41) is 0.783. The van der Waals surface area contributed by atoms with E-state index in [0.29, 0.717) is 0 Å². The molecular formula is C17H15BrN2O. The second kappa shape index (κ2) is 6.22. The van der Waals surface area contributed by atoms with Crippen molar-refractivity contribution in [3.05, 3.63) is 65.7 Å². The van der Waals surface area contributed by atoms with E-state index in [1.807, 2.05) is 54.6 Å². The molecule has 4 heteroatoms. The first kappa shape index (κ1) is 14.0. The predicted molar refractivity (Wildman–Crippen MR) is 88.4 cm³/mol. The molecule has 106 valence electrons. The van der Waals surface area contributed by atoms with E-state index in [0.717, 1.165) is 40.8 Å². The molecule has 0 amide bonds. The minimum atomic E-state index is -0.286. The van der Waals surface area contributed by atoms with Gasteiger partial charge in [-0.3, -0.25) is 0 Å². The summed E-state index contributed by atoms with van der Waals surface area (Å²) in [6.07, 6.45) is 0.999. The number of benzene rings is 2.